The summed E-state index contributed by atoms with van der Waals surface area (Å²) in [6.45, 7) is 3.75. The highest BCUT2D eigenvalue weighted by Gasteiger charge is 2.17. The lowest BCUT2D eigenvalue weighted by Crippen LogP contribution is -2.25. The van der Waals surface area contributed by atoms with E-state index in [1.807, 2.05) is 50.2 Å². The fourth-order valence-corrected chi connectivity index (χ4v) is 4.67. The van der Waals surface area contributed by atoms with Gasteiger partial charge in [0.2, 0.25) is 5.88 Å². The summed E-state index contributed by atoms with van der Waals surface area (Å²) < 4.78 is 20.9. The van der Waals surface area contributed by atoms with E-state index in [0.717, 1.165) is 33.3 Å². The van der Waals surface area contributed by atoms with Crippen LogP contribution in [0.25, 0.3) is 33.3 Å². The molecule has 2 aromatic carbocycles. The molecule has 0 saturated carbocycles. The first-order valence-corrected chi connectivity index (χ1v) is 12.6. The van der Waals surface area contributed by atoms with Crippen molar-refractivity contribution in [3.8, 4) is 28.3 Å². The van der Waals surface area contributed by atoms with Gasteiger partial charge in [0.05, 0.1) is 22.7 Å². The highest BCUT2D eigenvalue weighted by atomic mass is 35.5. The van der Waals surface area contributed by atoms with Crippen LogP contribution in [0.5, 0.6) is 5.88 Å². The van der Waals surface area contributed by atoms with E-state index in [0.29, 0.717) is 11.4 Å². The summed E-state index contributed by atoms with van der Waals surface area (Å²) in [4.78, 5) is 17.6. The molecule has 3 heterocycles. The van der Waals surface area contributed by atoms with E-state index >= 15 is 0 Å². The number of aliphatic hydroxyl groups excluding tert-OH is 1. The number of H-pyrrole nitrogens is 1. The van der Waals surface area contributed by atoms with Crippen molar-refractivity contribution in [2.24, 2.45) is 0 Å². The number of nitrogens with zero attached hydrogens (tertiary/aromatic N) is 3. The van der Waals surface area contributed by atoms with E-state index in [4.69, 9.17) is 16.3 Å². The zero-order valence-electron chi connectivity index (χ0n) is 20.9. The van der Waals surface area contributed by atoms with Gasteiger partial charge in [-0.15, -0.1) is 0 Å². The molecule has 0 aliphatic heterocycles. The highest BCUT2D eigenvalue weighted by Crippen LogP contribution is 2.31. The van der Waals surface area contributed by atoms with Gasteiger partial charge in [0.15, 0.2) is 0 Å². The number of aliphatic hydroxyl groups is 1. The first-order chi connectivity index (χ1) is 18.3. The van der Waals surface area contributed by atoms with Gasteiger partial charge < -0.3 is 14.4 Å². The van der Waals surface area contributed by atoms with Gasteiger partial charge in [-0.05, 0) is 73.4 Å². The zero-order valence-corrected chi connectivity index (χ0v) is 21.6. The molecule has 38 heavy (non-hydrogen) atoms. The Labute approximate surface area is 223 Å². The Hall–Kier alpha value is -4.01. The summed E-state index contributed by atoms with van der Waals surface area (Å²) in [5.74, 6) is 0.0118. The smallest absolute Gasteiger partial charge is 0.251 e. The van der Waals surface area contributed by atoms with Gasteiger partial charge in [-0.1, -0.05) is 23.7 Å². The van der Waals surface area contributed by atoms with Gasteiger partial charge in [0.1, 0.15) is 11.5 Å². The lowest BCUT2D eigenvalue weighted by molar-refractivity contribution is 0.232. The second kappa shape index (κ2) is 10.8. The van der Waals surface area contributed by atoms with Gasteiger partial charge >= 0.3 is 0 Å². The van der Waals surface area contributed by atoms with E-state index < -0.39 is 11.9 Å². The van der Waals surface area contributed by atoms with Crippen molar-refractivity contribution in [3.05, 3.63) is 99.8 Å². The Balaban J connectivity index is 1.49. The average Bonchev–Trinajstić information content (AvgIpc) is 3.33. The molecule has 5 rings (SSSR count). The average molecular weight is 533 g/mol. The predicted molar refractivity (Wildman–Crippen MR) is 146 cm³/mol. The van der Waals surface area contributed by atoms with E-state index in [2.05, 4.69) is 15.2 Å². The maximum Gasteiger partial charge on any atom is 0.251 e. The van der Waals surface area contributed by atoms with E-state index in [-0.39, 0.29) is 29.7 Å². The third-order valence-corrected chi connectivity index (χ3v) is 6.57. The van der Waals surface area contributed by atoms with Crippen molar-refractivity contribution in [2.75, 3.05) is 6.61 Å². The van der Waals surface area contributed by atoms with Gasteiger partial charge in [-0.25, -0.2) is 9.37 Å². The number of halogens is 2. The predicted octanol–water partition coefficient (Wildman–Crippen LogP) is 6.01. The number of aromatic amines is 1. The minimum atomic E-state index is -0.537. The summed E-state index contributed by atoms with van der Waals surface area (Å²) in [7, 11) is 0. The molecule has 0 aliphatic carbocycles. The van der Waals surface area contributed by atoms with E-state index in [1.54, 1.807) is 24.5 Å². The molecule has 0 bridgehead atoms. The molecule has 0 spiro atoms. The summed E-state index contributed by atoms with van der Waals surface area (Å²) in [6.07, 6.45) is 3.72. The Kier molecular flexibility index (Phi) is 7.26. The Morgan fingerprint density at radius 3 is 2.53 bits per heavy atom. The molecule has 194 valence electrons. The number of benzene rings is 2. The van der Waals surface area contributed by atoms with Crippen LogP contribution >= 0.6 is 11.6 Å². The van der Waals surface area contributed by atoms with Crippen molar-refractivity contribution >= 4 is 22.5 Å². The topological polar surface area (TPSA) is 93.0 Å². The molecular weight excluding hydrogens is 507 g/mol. The molecular formula is C29H26ClFN4O3. The molecule has 5 aromatic rings. The Bertz CT molecular complexity index is 1650. The first kappa shape index (κ1) is 25.6. The summed E-state index contributed by atoms with van der Waals surface area (Å²) >= 11 is 5.97. The summed E-state index contributed by atoms with van der Waals surface area (Å²) in [5, 5.41) is 18.0. The maximum atomic E-state index is 13.7. The standard InChI is InChI=1S/C29H26ClFN4O3/c1-17(2)38-27-8-5-21(16-32-27)29-22-13-18(4-7-25(22)33-34-29)19-9-11-35(28(37)15-19)26(10-12-36)20-3-6-24(31)23(30)14-20/h3-9,11,13-17,26,36H,10,12H2,1-2H3,(H,33,34)/t26-/m1/s1. The van der Waals surface area contributed by atoms with Crippen LogP contribution in [0, 0.1) is 5.82 Å². The molecule has 0 unspecified atom stereocenters. The molecule has 3 aromatic heterocycles. The maximum absolute atomic E-state index is 13.7. The molecule has 7 nitrogen and oxygen atoms in total. The molecule has 9 heteroatoms. The molecule has 0 fully saturated rings. The third kappa shape index (κ3) is 5.18. The Morgan fingerprint density at radius 2 is 1.84 bits per heavy atom. The number of hydrogen-bond donors (Lipinski definition) is 2. The van der Waals surface area contributed by atoms with Crippen LogP contribution in [0.15, 0.2) is 77.9 Å². The monoisotopic (exact) mass is 532 g/mol. The van der Waals surface area contributed by atoms with Crippen LogP contribution in [0.3, 0.4) is 0 Å². The first-order valence-electron chi connectivity index (χ1n) is 12.2. The van der Waals surface area contributed by atoms with Crippen LogP contribution in [-0.4, -0.2) is 37.6 Å². The number of nitrogens with one attached hydrogen (secondary N) is 1. The minimum absolute atomic E-state index is 0.0309. The van der Waals surface area contributed by atoms with Crippen LogP contribution in [0.1, 0.15) is 31.9 Å². The minimum Gasteiger partial charge on any atom is -0.475 e. The second-order valence-electron chi connectivity index (χ2n) is 9.25. The van der Waals surface area contributed by atoms with Gasteiger partial charge in [-0.3, -0.25) is 9.89 Å². The van der Waals surface area contributed by atoms with Gasteiger partial charge in [0, 0.05) is 42.1 Å². The fraction of sp³-hybridized carbons (Fsp3) is 0.207. The lowest BCUT2D eigenvalue weighted by atomic mass is 10.0. The molecule has 0 radical (unpaired) electrons. The number of pyridine rings is 2. The van der Waals surface area contributed by atoms with Gasteiger partial charge in [-0.2, -0.15) is 5.10 Å². The Morgan fingerprint density at radius 1 is 1.05 bits per heavy atom. The van der Waals surface area contributed by atoms with Crippen LogP contribution in [-0.2, 0) is 0 Å². The fourth-order valence-electron chi connectivity index (χ4n) is 4.48. The van der Waals surface area contributed by atoms with Gasteiger partial charge in [0.25, 0.3) is 5.56 Å². The van der Waals surface area contributed by atoms with E-state index in [9.17, 15) is 14.3 Å². The van der Waals surface area contributed by atoms with Crippen molar-refractivity contribution in [3.63, 3.8) is 0 Å². The van der Waals surface area contributed by atoms with E-state index in [1.165, 1.54) is 16.7 Å². The number of aromatic nitrogens is 4. The van der Waals surface area contributed by atoms with Crippen LogP contribution < -0.4 is 10.3 Å². The summed E-state index contributed by atoms with van der Waals surface area (Å²) in [5.41, 5.74) is 4.41. The van der Waals surface area contributed by atoms with Crippen molar-refractivity contribution in [1.82, 2.24) is 19.7 Å². The summed E-state index contributed by atoms with van der Waals surface area (Å²) in [6, 6.07) is 16.8. The normalized spacial score (nSPS) is 12.3. The number of hydrogen-bond acceptors (Lipinski definition) is 5. The lowest BCUT2D eigenvalue weighted by Gasteiger charge is -2.20. The molecule has 0 amide bonds. The van der Waals surface area contributed by atoms with Crippen molar-refractivity contribution in [2.45, 2.75) is 32.4 Å². The van der Waals surface area contributed by atoms with Crippen molar-refractivity contribution < 1.29 is 14.2 Å². The number of ether oxygens (including phenoxy) is 1. The SMILES string of the molecule is CC(C)Oc1ccc(-c2n[nH]c3ccc(-c4ccn([C@H](CCO)c5ccc(F)c(Cl)c5)c(=O)c4)cc23)cn1. The molecule has 0 saturated heterocycles. The second-order valence-corrected chi connectivity index (χ2v) is 9.65. The largest absolute Gasteiger partial charge is 0.475 e. The van der Waals surface area contributed by atoms with Crippen LogP contribution in [0.4, 0.5) is 4.39 Å². The zero-order chi connectivity index (χ0) is 26.8. The molecule has 2 N–H and O–H groups in total. The van der Waals surface area contributed by atoms with Crippen molar-refractivity contribution in [1.29, 1.82) is 0 Å². The third-order valence-electron chi connectivity index (χ3n) is 6.28. The number of rotatable bonds is 8. The quantitative estimate of drug-likeness (QED) is 0.255. The molecule has 1 atom stereocenters. The molecule has 0 aliphatic rings. The number of fused-ring (bicyclic) bond motifs is 1. The highest BCUT2D eigenvalue weighted by molar-refractivity contribution is 6.30. The van der Waals surface area contributed by atoms with Crippen LogP contribution in [0.2, 0.25) is 5.02 Å².